The number of rotatable bonds is 5. The van der Waals surface area contributed by atoms with E-state index < -0.39 is 11.7 Å². The third-order valence-electron chi connectivity index (χ3n) is 3.86. The van der Waals surface area contributed by atoms with Crippen LogP contribution in [0, 0.1) is 19.7 Å². The summed E-state index contributed by atoms with van der Waals surface area (Å²) in [5.41, 5.74) is 1.62. The van der Waals surface area contributed by atoms with Crippen molar-refractivity contribution in [1.29, 1.82) is 0 Å². The predicted octanol–water partition coefficient (Wildman–Crippen LogP) is 3.90. The van der Waals surface area contributed by atoms with E-state index in [4.69, 9.17) is 16.0 Å². The lowest BCUT2D eigenvalue weighted by Gasteiger charge is -2.18. The smallest absolute Gasteiger partial charge is 0.255 e. The Kier molecular flexibility index (Phi) is 4.90. The van der Waals surface area contributed by atoms with Gasteiger partial charge in [0.15, 0.2) is 0 Å². The van der Waals surface area contributed by atoms with Crippen LogP contribution in [0.15, 0.2) is 47.1 Å². The SMILES string of the molecule is Cc1cc(C)n(C(CNC(=O)c2c(F)cccc2Cl)c2ccco2)n1. The van der Waals surface area contributed by atoms with E-state index >= 15 is 0 Å². The molecule has 7 heteroatoms. The molecule has 130 valence electrons. The van der Waals surface area contributed by atoms with Gasteiger partial charge in [0, 0.05) is 12.2 Å². The van der Waals surface area contributed by atoms with Crippen LogP contribution in [0.3, 0.4) is 0 Å². The summed E-state index contributed by atoms with van der Waals surface area (Å²) < 4.78 is 21.2. The summed E-state index contributed by atoms with van der Waals surface area (Å²) >= 11 is 5.95. The lowest BCUT2D eigenvalue weighted by atomic mass is 10.1. The number of aryl methyl sites for hydroxylation is 2. The fourth-order valence-electron chi connectivity index (χ4n) is 2.74. The highest BCUT2D eigenvalue weighted by Gasteiger charge is 2.22. The Morgan fingerprint density at radius 2 is 2.16 bits per heavy atom. The second-order valence-corrected chi connectivity index (χ2v) is 6.12. The van der Waals surface area contributed by atoms with Gasteiger partial charge in [-0.1, -0.05) is 17.7 Å². The van der Waals surface area contributed by atoms with Crippen molar-refractivity contribution in [3.05, 3.63) is 76.2 Å². The molecule has 1 unspecified atom stereocenters. The number of benzene rings is 1. The first kappa shape index (κ1) is 17.2. The van der Waals surface area contributed by atoms with Gasteiger partial charge in [0.2, 0.25) is 0 Å². The number of furan rings is 1. The zero-order valence-corrected chi connectivity index (χ0v) is 14.5. The molecule has 0 spiro atoms. The first-order valence-corrected chi connectivity index (χ1v) is 8.13. The first-order chi connectivity index (χ1) is 12.0. The van der Waals surface area contributed by atoms with Gasteiger partial charge in [0.1, 0.15) is 17.6 Å². The Bertz CT molecular complexity index is 870. The van der Waals surface area contributed by atoms with E-state index in [2.05, 4.69) is 10.4 Å². The zero-order chi connectivity index (χ0) is 18.0. The molecule has 1 aromatic carbocycles. The van der Waals surface area contributed by atoms with Gasteiger partial charge in [0.25, 0.3) is 5.91 Å². The number of aromatic nitrogens is 2. The fourth-order valence-corrected chi connectivity index (χ4v) is 2.99. The molecule has 0 aliphatic rings. The van der Waals surface area contributed by atoms with Crippen LogP contribution in [0.1, 0.15) is 33.5 Å². The number of nitrogens with zero attached hydrogens (tertiary/aromatic N) is 2. The van der Waals surface area contributed by atoms with Crippen LogP contribution in [-0.2, 0) is 0 Å². The Morgan fingerprint density at radius 1 is 1.36 bits per heavy atom. The summed E-state index contributed by atoms with van der Waals surface area (Å²) in [7, 11) is 0. The second kappa shape index (κ2) is 7.11. The van der Waals surface area contributed by atoms with Crippen molar-refractivity contribution in [3.63, 3.8) is 0 Å². The minimum absolute atomic E-state index is 0.0677. The maximum absolute atomic E-state index is 13.9. The van der Waals surface area contributed by atoms with Crippen LogP contribution < -0.4 is 5.32 Å². The van der Waals surface area contributed by atoms with Gasteiger partial charge in [-0.2, -0.15) is 5.10 Å². The van der Waals surface area contributed by atoms with Crippen LogP contribution in [0.5, 0.6) is 0 Å². The summed E-state index contributed by atoms with van der Waals surface area (Å²) in [6.45, 7) is 3.99. The van der Waals surface area contributed by atoms with Crippen LogP contribution in [0.2, 0.25) is 5.02 Å². The number of hydrogen-bond donors (Lipinski definition) is 1. The van der Waals surface area contributed by atoms with Crippen molar-refractivity contribution in [2.24, 2.45) is 0 Å². The normalized spacial score (nSPS) is 12.2. The number of hydrogen-bond acceptors (Lipinski definition) is 3. The van der Waals surface area contributed by atoms with Gasteiger partial charge in [-0.15, -0.1) is 0 Å². The minimum atomic E-state index is -0.661. The Morgan fingerprint density at radius 3 is 2.76 bits per heavy atom. The maximum Gasteiger partial charge on any atom is 0.255 e. The molecular weight excluding hydrogens is 345 g/mol. The highest BCUT2D eigenvalue weighted by molar-refractivity contribution is 6.33. The molecule has 1 atom stereocenters. The first-order valence-electron chi connectivity index (χ1n) is 7.75. The maximum atomic E-state index is 13.9. The van der Waals surface area contributed by atoms with Crippen LogP contribution in [0.25, 0.3) is 0 Å². The highest BCUT2D eigenvalue weighted by Crippen LogP contribution is 2.22. The van der Waals surface area contributed by atoms with Gasteiger partial charge >= 0.3 is 0 Å². The quantitative estimate of drug-likeness (QED) is 0.749. The molecule has 5 nitrogen and oxygen atoms in total. The van der Waals surface area contributed by atoms with E-state index in [1.165, 1.54) is 18.2 Å². The lowest BCUT2D eigenvalue weighted by molar-refractivity contribution is 0.0944. The van der Waals surface area contributed by atoms with Crippen molar-refractivity contribution < 1.29 is 13.6 Å². The van der Waals surface area contributed by atoms with E-state index in [0.29, 0.717) is 5.76 Å². The Labute approximate surface area is 149 Å². The molecule has 0 aliphatic heterocycles. The highest BCUT2D eigenvalue weighted by atomic mass is 35.5. The minimum Gasteiger partial charge on any atom is -0.467 e. The molecule has 0 fully saturated rings. The lowest BCUT2D eigenvalue weighted by Crippen LogP contribution is -2.32. The molecular formula is C18H17ClFN3O2. The average molecular weight is 362 g/mol. The molecule has 1 N–H and O–H groups in total. The third-order valence-corrected chi connectivity index (χ3v) is 4.17. The number of carbonyl (C=O) groups excluding carboxylic acids is 1. The van der Waals surface area contributed by atoms with Gasteiger partial charge in [-0.3, -0.25) is 9.48 Å². The summed E-state index contributed by atoms with van der Waals surface area (Å²) in [6.07, 6.45) is 1.56. The predicted molar refractivity (Wildman–Crippen MR) is 92.3 cm³/mol. The number of halogens is 2. The monoisotopic (exact) mass is 361 g/mol. The van der Waals surface area contributed by atoms with Crippen molar-refractivity contribution in [2.45, 2.75) is 19.9 Å². The van der Waals surface area contributed by atoms with Crippen LogP contribution in [-0.4, -0.2) is 22.2 Å². The molecule has 2 heterocycles. The fraction of sp³-hybridized carbons (Fsp3) is 0.222. The topological polar surface area (TPSA) is 60.1 Å². The van der Waals surface area contributed by atoms with E-state index in [-0.39, 0.29) is 23.2 Å². The number of nitrogens with one attached hydrogen (secondary N) is 1. The standard InChI is InChI=1S/C18H17ClFN3O2/c1-11-9-12(2)23(22-11)15(16-7-4-8-25-16)10-21-18(24)17-13(19)5-3-6-14(17)20/h3-9,15H,10H2,1-2H3,(H,21,24). The molecule has 25 heavy (non-hydrogen) atoms. The van der Waals surface area contributed by atoms with Crippen molar-refractivity contribution >= 4 is 17.5 Å². The van der Waals surface area contributed by atoms with Gasteiger partial charge < -0.3 is 9.73 Å². The molecule has 0 saturated carbocycles. The molecule has 3 rings (SSSR count). The third kappa shape index (κ3) is 3.58. The Balaban J connectivity index is 1.85. The molecule has 2 aromatic heterocycles. The van der Waals surface area contributed by atoms with Crippen LogP contribution in [0.4, 0.5) is 4.39 Å². The van der Waals surface area contributed by atoms with Crippen molar-refractivity contribution in [3.8, 4) is 0 Å². The van der Waals surface area contributed by atoms with Gasteiger partial charge in [-0.25, -0.2) is 4.39 Å². The summed E-state index contributed by atoms with van der Waals surface area (Å²) in [5, 5.41) is 7.25. The van der Waals surface area contributed by atoms with Gasteiger partial charge in [0.05, 0.1) is 22.5 Å². The molecule has 1 amide bonds. The number of amides is 1. The molecule has 0 saturated heterocycles. The Hall–Kier alpha value is -2.60. The van der Waals surface area contributed by atoms with E-state index in [1.807, 2.05) is 26.0 Å². The largest absolute Gasteiger partial charge is 0.467 e. The summed E-state index contributed by atoms with van der Waals surface area (Å²) in [5.74, 6) is -0.599. The molecule has 3 aromatic rings. The van der Waals surface area contributed by atoms with Crippen molar-refractivity contribution in [1.82, 2.24) is 15.1 Å². The molecule has 0 aliphatic carbocycles. The molecule has 0 radical (unpaired) electrons. The summed E-state index contributed by atoms with van der Waals surface area (Å²) in [6, 6.07) is 9.29. The second-order valence-electron chi connectivity index (χ2n) is 5.71. The van der Waals surface area contributed by atoms with Crippen LogP contribution >= 0.6 is 11.6 Å². The summed E-state index contributed by atoms with van der Waals surface area (Å²) in [4.78, 5) is 12.4. The van der Waals surface area contributed by atoms with E-state index in [1.54, 1.807) is 17.0 Å². The van der Waals surface area contributed by atoms with Crippen molar-refractivity contribution in [2.75, 3.05) is 6.54 Å². The van der Waals surface area contributed by atoms with E-state index in [9.17, 15) is 9.18 Å². The zero-order valence-electron chi connectivity index (χ0n) is 13.8. The average Bonchev–Trinajstić information content (AvgIpc) is 3.18. The van der Waals surface area contributed by atoms with E-state index in [0.717, 1.165) is 11.4 Å². The number of carbonyl (C=O) groups is 1. The molecule has 0 bridgehead atoms. The van der Waals surface area contributed by atoms with Gasteiger partial charge in [-0.05, 0) is 44.2 Å².